The molecule has 0 fully saturated rings. The Hall–Kier alpha value is -3.10. The fraction of sp³-hybridized carbons (Fsp3) is 0.500. The monoisotopic (exact) mass is 526 g/mol. The first kappa shape index (κ1) is 26.5. The summed E-state index contributed by atoms with van der Waals surface area (Å²) in [5.41, 5.74) is 0.215. The molecule has 0 aliphatic heterocycles. The van der Waals surface area contributed by atoms with Gasteiger partial charge in [0.1, 0.15) is 18.3 Å². The summed E-state index contributed by atoms with van der Waals surface area (Å²) in [5.74, 6) is 0.214. The van der Waals surface area contributed by atoms with Crippen LogP contribution in [-0.2, 0) is 14.8 Å². The Morgan fingerprint density at radius 2 is 1.63 bits per heavy atom. The van der Waals surface area contributed by atoms with Crippen LogP contribution in [0.5, 0.6) is 11.8 Å². The lowest BCUT2D eigenvalue weighted by atomic mass is 10.1. The molecule has 3 aromatic heterocycles. The Morgan fingerprint density at radius 1 is 1.03 bits per heavy atom. The van der Waals surface area contributed by atoms with Gasteiger partial charge in [-0.1, -0.05) is 25.4 Å². The minimum atomic E-state index is -4.02. The molecule has 0 saturated carbocycles. The summed E-state index contributed by atoms with van der Waals surface area (Å²) in [4.78, 5) is 16.5. The van der Waals surface area contributed by atoms with E-state index < -0.39 is 27.3 Å². The normalized spacial score (nSPS) is 14.3. The Morgan fingerprint density at radius 3 is 2.14 bits per heavy atom. The van der Waals surface area contributed by atoms with Crippen molar-refractivity contribution in [2.45, 2.75) is 44.5 Å². The number of ether oxygens (including phenoxy) is 3. The van der Waals surface area contributed by atoms with Crippen molar-refractivity contribution in [3.05, 3.63) is 35.4 Å². The predicted octanol–water partition coefficient (Wildman–Crippen LogP) is 2.55. The minimum absolute atomic E-state index is 0.113. The number of rotatable bonds is 11. The largest absolute Gasteiger partial charge is 0.479 e. The van der Waals surface area contributed by atoms with E-state index in [2.05, 4.69) is 34.9 Å². The van der Waals surface area contributed by atoms with Crippen LogP contribution >= 0.6 is 11.6 Å². The maximum absolute atomic E-state index is 13.4. The van der Waals surface area contributed by atoms with Gasteiger partial charge in [0.2, 0.25) is 27.7 Å². The van der Waals surface area contributed by atoms with Crippen LogP contribution in [0.25, 0.3) is 5.69 Å². The maximum atomic E-state index is 13.4. The lowest BCUT2D eigenvalue weighted by Crippen LogP contribution is -2.31. The van der Waals surface area contributed by atoms with Crippen molar-refractivity contribution >= 4 is 27.6 Å². The van der Waals surface area contributed by atoms with Crippen molar-refractivity contribution in [3.63, 3.8) is 0 Å². The molecule has 0 bridgehead atoms. The first-order valence-electron chi connectivity index (χ1n) is 10.6. The molecule has 0 saturated heterocycles. The molecule has 0 radical (unpaired) electrons. The summed E-state index contributed by atoms with van der Waals surface area (Å²) in [6, 6.07) is 0. The van der Waals surface area contributed by atoms with Gasteiger partial charge in [-0.25, -0.2) is 18.4 Å². The minimum Gasteiger partial charge on any atom is -0.479 e. The number of methoxy groups -OCH3 is 3. The van der Waals surface area contributed by atoms with Gasteiger partial charge in [-0.3, -0.25) is 9.29 Å². The molecule has 0 unspecified atom stereocenters. The van der Waals surface area contributed by atoms with E-state index in [1.165, 1.54) is 44.6 Å². The van der Waals surface area contributed by atoms with E-state index in [-0.39, 0.29) is 23.4 Å². The summed E-state index contributed by atoms with van der Waals surface area (Å²) in [6.45, 7) is 5.14. The van der Waals surface area contributed by atoms with E-state index in [0.717, 1.165) is 0 Å². The number of hydrogen-bond acceptors (Lipinski definition) is 11. The first-order valence-corrected chi connectivity index (χ1v) is 12.5. The molecule has 35 heavy (non-hydrogen) atoms. The summed E-state index contributed by atoms with van der Waals surface area (Å²) in [6.07, 6.45) is 4.10. The van der Waals surface area contributed by atoms with E-state index in [4.69, 9.17) is 25.8 Å². The summed E-state index contributed by atoms with van der Waals surface area (Å²) >= 11 is 5.86. The smallest absolute Gasteiger partial charge is 0.245 e. The highest BCUT2D eigenvalue weighted by atomic mass is 35.5. The number of aromatic nitrogens is 7. The van der Waals surface area contributed by atoms with Gasteiger partial charge in [-0.2, -0.15) is 9.97 Å². The second-order valence-corrected chi connectivity index (χ2v) is 9.97. The van der Waals surface area contributed by atoms with Gasteiger partial charge in [-0.15, -0.1) is 10.2 Å². The maximum Gasteiger partial charge on any atom is 0.245 e. The molecular formula is C20H27ClN8O5S. The molecule has 3 rings (SSSR count). The lowest BCUT2D eigenvalue weighted by molar-refractivity contribution is 0.0910. The zero-order valence-electron chi connectivity index (χ0n) is 20.1. The van der Waals surface area contributed by atoms with Crippen molar-refractivity contribution in [1.82, 2.24) is 34.7 Å². The van der Waals surface area contributed by atoms with Crippen LogP contribution in [0.1, 0.15) is 50.9 Å². The van der Waals surface area contributed by atoms with Gasteiger partial charge in [0, 0.05) is 25.4 Å². The van der Waals surface area contributed by atoms with Gasteiger partial charge >= 0.3 is 0 Å². The number of halogens is 1. The van der Waals surface area contributed by atoms with Crippen molar-refractivity contribution in [2.75, 3.05) is 26.1 Å². The van der Waals surface area contributed by atoms with Gasteiger partial charge in [0.05, 0.1) is 24.5 Å². The van der Waals surface area contributed by atoms with Gasteiger partial charge in [0.15, 0.2) is 11.5 Å². The van der Waals surface area contributed by atoms with Crippen LogP contribution in [0.3, 0.4) is 0 Å². The molecule has 3 atom stereocenters. The van der Waals surface area contributed by atoms with E-state index in [1.54, 1.807) is 13.8 Å². The molecule has 0 amide bonds. The van der Waals surface area contributed by atoms with Crippen molar-refractivity contribution < 1.29 is 22.6 Å². The third kappa shape index (κ3) is 5.44. The molecule has 1 N–H and O–H groups in total. The molecule has 0 aromatic carbocycles. The van der Waals surface area contributed by atoms with E-state index in [9.17, 15) is 8.42 Å². The van der Waals surface area contributed by atoms with Crippen LogP contribution in [0, 0.1) is 0 Å². The molecular weight excluding hydrogens is 500 g/mol. The predicted molar refractivity (Wildman–Crippen MR) is 128 cm³/mol. The number of nitrogens with zero attached hydrogens (tertiary/aromatic N) is 7. The molecule has 190 valence electrons. The van der Waals surface area contributed by atoms with Crippen molar-refractivity contribution in [2.24, 2.45) is 0 Å². The highest BCUT2D eigenvalue weighted by Gasteiger charge is 2.33. The van der Waals surface area contributed by atoms with Crippen LogP contribution < -0.4 is 14.2 Å². The molecule has 3 aromatic rings. The van der Waals surface area contributed by atoms with Crippen molar-refractivity contribution in [3.8, 4) is 17.4 Å². The molecule has 0 aliphatic rings. The molecule has 15 heteroatoms. The van der Waals surface area contributed by atoms with Crippen molar-refractivity contribution in [1.29, 1.82) is 0 Å². The fourth-order valence-corrected chi connectivity index (χ4v) is 4.67. The standard InChI is InChI=1S/C20H27ClN8O5S/c1-7-14(32-4)17-26-27-20(29(17)15-18(33-5)24-10-25-19(15)34-6)28-35(30,31)12(3)11(2)16-22-8-13(21)9-23-16/h8-12,14H,7H2,1-6H3,(H,27,28)/t11-,12-,14-/m0/s1. The summed E-state index contributed by atoms with van der Waals surface area (Å²) < 4.78 is 47.1. The average molecular weight is 527 g/mol. The highest BCUT2D eigenvalue weighted by Crippen LogP contribution is 2.35. The second-order valence-electron chi connectivity index (χ2n) is 7.49. The Kier molecular flexibility index (Phi) is 8.40. The quantitative estimate of drug-likeness (QED) is 0.391. The average Bonchev–Trinajstić information content (AvgIpc) is 3.25. The summed E-state index contributed by atoms with van der Waals surface area (Å²) in [5, 5.41) is 7.70. The van der Waals surface area contributed by atoms with Gasteiger partial charge in [-0.05, 0) is 13.3 Å². The third-order valence-corrected chi connectivity index (χ3v) is 7.52. The molecule has 3 heterocycles. The number of nitrogens with one attached hydrogen (secondary N) is 1. The first-order chi connectivity index (χ1) is 16.7. The van der Waals surface area contributed by atoms with E-state index >= 15 is 0 Å². The van der Waals surface area contributed by atoms with E-state index in [1.807, 2.05) is 6.92 Å². The number of anilines is 1. The van der Waals surface area contributed by atoms with E-state index in [0.29, 0.717) is 23.1 Å². The Labute approximate surface area is 208 Å². The zero-order valence-corrected chi connectivity index (χ0v) is 21.7. The van der Waals surface area contributed by atoms with Crippen LogP contribution in [0.4, 0.5) is 5.95 Å². The Bertz CT molecular complexity index is 1230. The highest BCUT2D eigenvalue weighted by molar-refractivity contribution is 7.93. The van der Waals surface area contributed by atoms with Gasteiger partial charge in [0.25, 0.3) is 0 Å². The van der Waals surface area contributed by atoms with Crippen LogP contribution in [-0.4, -0.2) is 69.7 Å². The second kappa shape index (κ2) is 11.1. The van der Waals surface area contributed by atoms with Crippen LogP contribution in [0.15, 0.2) is 18.7 Å². The zero-order chi connectivity index (χ0) is 25.8. The number of hydrogen-bond donors (Lipinski definition) is 1. The van der Waals surface area contributed by atoms with Gasteiger partial charge < -0.3 is 14.2 Å². The molecule has 0 aliphatic carbocycles. The summed E-state index contributed by atoms with van der Waals surface area (Å²) in [7, 11) is 0.339. The lowest BCUT2D eigenvalue weighted by Gasteiger charge is -2.21. The third-order valence-electron chi connectivity index (χ3n) is 5.47. The number of sulfonamides is 1. The molecule has 13 nitrogen and oxygen atoms in total. The topological polar surface area (TPSA) is 156 Å². The fourth-order valence-electron chi connectivity index (χ4n) is 3.34. The van der Waals surface area contributed by atoms with Crippen LogP contribution in [0.2, 0.25) is 5.02 Å². The SMILES string of the molecule is CC[C@H](OC)c1nnc(NS(=O)(=O)[C@@H](C)[C@H](C)c2ncc(Cl)cn2)n1-c1c(OC)ncnc1OC. The Balaban J connectivity index is 2.10. The molecule has 0 spiro atoms.